The normalized spacial score (nSPS) is 23.0. The molecule has 1 N–H and O–H groups in total. The maximum atomic E-state index is 13.4. The van der Waals surface area contributed by atoms with Crippen molar-refractivity contribution in [1.29, 1.82) is 0 Å². The van der Waals surface area contributed by atoms with E-state index in [0.717, 1.165) is 56.4 Å². The minimum Gasteiger partial charge on any atom is -0.466 e. The first-order chi connectivity index (χ1) is 13.6. The average molecular weight is 386 g/mol. The van der Waals surface area contributed by atoms with Gasteiger partial charge in [-0.2, -0.15) is 0 Å². The van der Waals surface area contributed by atoms with Crippen molar-refractivity contribution < 1.29 is 14.3 Å². The van der Waals surface area contributed by atoms with E-state index in [1.54, 1.807) is 0 Å². The third-order valence-electron chi connectivity index (χ3n) is 6.47. The van der Waals surface area contributed by atoms with Crippen LogP contribution in [0.5, 0.6) is 0 Å². The Kier molecular flexibility index (Phi) is 5.47. The number of anilines is 2. The summed E-state index contributed by atoms with van der Waals surface area (Å²) in [6.45, 7) is 3.96. The summed E-state index contributed by atoms with van der Waals surface area (Å²) in [6, 6.07) is 8.48. The molecule has 0 bridgehead atoms. The Morgan fingerprint density at radius 2 is 1.89 bits per heavy atom. The summed E-state index contributed by atoms with van der Waals surface area (Å²) in [6.07, 6.45) is 7.44. The van der Waals surface area contributed by atoms with Crippen molar-refractivity contribution in [2.45, 2.75) is 69.9 Å². The second-order valence-corrected chi connectivity index (χ2v) is 8.34. The van der Waals surface area contributed by atoms with Crippen LogP contribution in [0.1, 0.15) is 58.3 Å². The first-order valence-electron chi connectivity index (χ1n) is 10.7. The zero-order valence-corrected chi connectivity index (χ0v) is 16.8. The largest absolute Gasteiger partial charge is 0.466 e. The third kappa shape index (κ3) is 3.69. The van der Waals surface area contributed by atoms with Gasteiger partial charge in [0.05, 0.1) is 29.9 Å². The van der Waals surface area contributed by atoms with Gasteiger partial charge in [-0.15, -0.1) is 0 Å². The van der Waals surface area contributed by atoms with Gasteiger partial charge in [0.1, 0.15) is 0 Å². The van der Waals surface area contributed by atoms with Gasteiger partial charge in [0.2, 0.25) is 0 Å². The molecule has 6 heteroatoms. The molecule has 2 heterocycles. The molecule has 1 saturated carbocycles. The molecule has 0 aromatic heterocycles. The maximum Gasteiger partial charge on any atom is 0.322 e. The number of urea groups is 1. The summed E-state index contributed by atoms with van der Waals surface area (Å²) in [5.74, 6) is -0.217. The molecule has 2 fully saturated rings. The van der Waals surface area contributed by atoms with E-state index in [4.69, 9.17) is 4.74 Å². The molecule has 2 aliphatic heterocycles. The number of fused-ring (bicyclic) bond motifs is 3. The van der Waals surface area contributed by atoms with Crippen LogP contribution in [0.2, 0.25) is 0 Å². The maximum absolute atomic E-state index is 13.4. The highest BCUT2D eigenvalue weighted by atomic mass is 16.5. The van der Waals surface area contributed by atoms with Crippen molar-refractivity contribution >= 4 is 23.4 Å². The van der Waals surface area contributed by atoms with Crippen molar-refractivity contribution in [3.8, 4) is 0 Å². The predicted octanol–water partition coefficient (Wildman–Crippen LogP) is 3.84. The number of hydrogen-bond donors (Lipinski definition) is 1. The molecule has 28 heavy (non-hydrogen) atoms. The Hall–Kier alpha value is -2.24. The van der Waals surface area contributed by atoms with Gasteiger partial charge in [-0.3, -0.25) is 9.69 Å². The molecule has 4 rings (SSSR count). The first kappa shape index (κ1) is 19.1. The summed E-state index contributed by atoms with van der Waals surface area (Å²) in [5.41, 5.74) is 1.64. The molecule has 1 aromatic rings. The second-order valence-electron chi connectivity index (χ2n) is 8.34. The topological polar surface area (TPSA) is 61.9 Å². The number of carbonyl (C=O) groups excluding carboxylic acids is 2. The summed E-state index contributed by atoms with van der Waals surface area (Å²) in [4.78, 5) is 30.0. The van der Waals surface area contributed by atoms with Crippen molar-refractivity contribution in [1.82, 2.24) is 5.32 Å². The molecule has 152 valence electrons. The summed E-state index contributed by atoms with van der Waals surface area (Å²) in [7, 11) is 0. The van der Waals surface area contributed by atoms with E-state index in [2.05, 4.69) is 16.3 Å². The molecule has 1 saturated heterocycles. The molecule has 1 aliphatic carbocycles. The van der Waals surface area contributed by atoms with E-state index < -0.39 is 5.54 Å². The SMILES string of the molecule is CCOC(=O)CC1(NC(=O)N2C[C@@H]3CCCN3c3ccccc32)CCCCC1. The number of hydrogen-bond acceptors (Lipinski definition) is 4. The van der Waals surface area contributed by atoms with E-state index >= 15 is 0 Å². The highest BCUT2D eigenvalue weighted by Crippen LogP contribution is 2.40. The van der Waals surface area contributed by atoms with Crippen LogP contribution >= 0.6 is 0 Å². The van der Waals surface area contributed by atoms with Crippen LogP contribution in [-0.4, -0.2) is 43.3 Å². The Bertz CT molecular complexity index is 729. The Labute approximate surface area is 167 Å². The van der Waals surface area contributed by atoms with Crippen LogP contribution in [0, 0.1) is 0 Å². The van der Waals surface area contributed by atoms with E-state index in [9.17, 15) is 9.59 Å². The number of nitrogens with zero attached hydrogens (tertiary/aromatic N) is 2. The van der Waals surface area contributed by atoms with Crippen molar-refractivity contribution in [3.63, 3.8) is 0 Å². The molecule has 0 unspecified atom stereocenters. The molecule has 0 spiro atoms. The standard InChI is InChI=1S/C22H31N3O3/c1-2-28-20(26)15-22(12-6-3-7-13-22)23-21(27)25-16-17-9-8-14-24(17)18-10-4-5-11-19(18)25/h4-5,10-11,17H,2-3,6-9,12-16H2,1H3,(H,23,27)/t17-/m0/s1. The fraction of sp³-hybridized carbons (Fsp3) is 0.636. The third-order valence-corrected chi connectivity index (χ3v) is 6.47. The quantitative estimate of drug-likeness (QED) is 0.800. The van der Waals surface area contributed by atoms with E-state index in [-0.39, 0.29) is 18.4 Å². The Morgan fingerprint density at radius 3 is 2.64 bits per heavy atom. The number of amides is 2. The van der Waals surface area contributed by atoms with Gasteiger partial charge >= 0.3 is 12.0 Å². The van der Waals surface area contributed by atoms with E-state index in [1.807, 2.05) is 30.0 Å². The van der Waals surface area contributed by atoms with Gasteiger partial charge < -0.3 is 15.0 Å². The number of esters is 1. The molecular weight excluding hydrogens is 354 g/mol. The van der Waals surface area contributed by atoms with Gasteiger partial charge in [-0.1, -0.05) is 31.4 Å². The fourth-order valence-electron chi connectivity index (χ4n) is 5.14. The number of para-hydroxylation sites is 2. The summed E-state index contributed by atoms with van der Waals surface area (Å²) < 4.78 is 5.20. The minimum atomic E-state index is -0.483. The number of ether oxygens (including phenoxy) is 1. The average Bonchev–Trinajstić information content (AvgIpc) is 3.17. The van der Waals surface area contributed by atoms with Gasteiger partial charge in [0, 0.05) is 19.1 Å². The monoisotopic (exact) mass is 385 g/mol. The molecule has 6 nitrogen and oxygen atoms in total. The number of nitrogens with one attached hydrogen (secondary N) is 1. The lowest BCUT2D eigenvalue weighted by molar-refractivity contribution is -0.145. The van der Waals surface area contributed by atoms with Gasteiger partial charge in [-0.05, 0) is 44.7 Å². The van der Waals surface area contributed by atoms with Gasteiger partial charge in [-0.25, -0.2) is 4.79 Å². The van der Waals surface area contributed by atoms with E-state index in [0.29, 0.717) is 19.2 Å². The zero-order valence-electron chi connectivity index (χ0n) is 16.8. The van der Waals surface area contributed by atoms with E-state index in [1.165, 1.54) is 6.42 Å². The molecule has 2 amide bonds. The van der Waals surface area contributed by atoms with Crippen LogP contribution in [0.4, 0.5) is 16.2 Å². The molecule has 0 radical (unpaired) electrons. The van der Waals surface area contributed by atoms with Crippen LogP contribution in [0.3, 0.4) is 0 Å². The van der Waals surface area contributed by atoms with Crippen molar-refractivity contribution in [2.24, 2.45) is 0 Å². The number of carbonyl (C=O) groups is 2. The van der Waals surface area contributed by atoms with Crippen molar-refractivity contribution in [3.05, 3.63) is 24.3 Å². The number of rotatable bonds is 4. The summed E-state index contributed by atoms with van der Waals surface area (Å²) in [5, 5.41) is 3.28. The second kappa shape index (κ2) is 8.02. The van der Waals surface area contributed by atoms with Crippen LogP contribution in [0.15, 0.2) is 24.3 Å². The van der Waals surface area contributed by atoms with Crippen LogP contribution in [0.25, 0.3) is 0 Å². The zero-order chi connectivity index (χ0) is 19.6. The van der Waals surface area contributed by atoms with Gasteiger partial charge in [0.25, 0.3) is 0 Å². The first-order valence-corrected chi connectivity index (χ1v) is 10.7. The lowest BCUT2D eigenvalue weighted by Gasteiger charge is -2.43. The Balaban J connectivity index is 1.56. The minimum absolute atomic E-state index is 0.0785. The van der Waals surface area contributed by atoms with Crippen molar-refractivity contribution in [2.75, 3.05) is 29.5 Å². The molecule has 1 aromatic carbocycles. The lowest BCUT2D eigenvalue weighted by Crippen LogP contribution is -2.58. The van der Waals surface area contributed by atoms with Gasteiger partial charge in [0.15, 0.2) is 0 Å². The Morgan fingerprint density at radius 1 is 1.14 bits per heavy atom. The highest BCUT2D eigenvalue weighted by molar-refractivity contribution is 5.97. The molecular formula is C22H31N3O3. The predicted molar refractivity (Wildman–Crippen MR) is 110 cm³/mol. The summed E-state index contributed by atoms with van der Waals surface area (Å²) >= 11 is 0. The van der Waals surface area contributed by atoms with Crippen LogP contribution < -0.4 is 15.1 Å². The fourth-order valence-corrected chi connectivity index (χ4v) is 5.14. The smallest absolute Gasteiger partial charge is 0.322 e. The highest BCUT2D eigenvalue weighted by Gasteiger charge is 2.41. The number of benzene rings is 1. The van der Waals surface area contributed by atoms with Crippen LogP contribution in [-0.2, 0) is 9.53 Å². The molecule has 3 aliphatic rings. The lowest BCUT2D eigenvalue weighted by atomic mass is 9.79. The molecule has 1 atom stereocenters.